The number of rotatable bonds is 10. The molecule has 3 aliphatic rings. The van der Waals surface area contributed by atoms with E-state index in [1.54, 1.807) is 0 Å². The highest BCUT2D eigenvalue weighted by Gasteiger charge is 2.48. The van der Waals surface area contributed by atoms with Crippen LogP contribution in [-0.4, -0.2) is 57.9 Å². The number of amides is 1. The second kappa shape index (κ2) is 9.86. The molecule has 4 nitrogen and oxygen atoms in total. The molecular weight excluding hydrogens is 354 g/mol. The first-order chi connectivity index (χ1) is 12.1. The van der Waals surface area contributed by atoms with E-state index >= 15 is 0 Å². The van der Waals surface area contributed by atoms with Crippen LogP contribution < -0.4 is 0 Å². The summed E-state index contributed by atoms with van der Waals surface area (Å²) in [7, 11) is 1.40. The number of nitrogens with zero attached hydrogens (tertiary/aromatic N) is 1. The van der Waals surface area contributed by atoms with Crippen molar-refractivity contribution in [1.82, 2.24) is 5.06 Å². The van der Waals surface area contributed by atoms with Gasteiger partial charge in [0, 0.05) is 30.6 Å². The van der Waals surface area contributed by atoms with E-state index in [1.807, 2.05) is 11.8 Å². The Bertz CT molecular complexity index is 429. The molecule has 2 saturated heterocycles. The number of fused-ring (bicyclic) bond motifs is 2. The molecule has 1 amide bonds. The van der Waals surface area contributed by atoms with Crippen LogP contribution in [0.1, 0.15) is 57.8 Å². The molecule has 144 valence electrons. The van der Waals surface area contributed by atoms with E-state index in [2.05, 4.69) is 11.8 Å². The quantitative estimate of drug-likeness (QED) is 0.346. The van der Waals surface area contributed by atoms with Gasteiger partial charge in [0.05, 0.1) is 12.2 Å². The lowest BCUT2D eigenvalue weighted by Gasteiger charge is -2.28. The summed E-state index contributed by atoms with van der Waals surface area (Å²) in [5.74, 6) is 4.94. The van der Waals surface area contributed by atoms with Crippen molar-refractivity contribution in [3.05, 3.63) is 0 Å². The minimum Gasteiger partial charge on any atom is -0.374 e. The van der Waals surface area contributed by atoms with Gasteiger partial charge in [0.2, 0.25) is 5.91 Å². The van der Waals surface area contributed by atoms with E-state index in [1.165, 1.54) is 57.1 Å². The molecule has 0 radical (unpaired) electrons. The summed E-state index contributed by atoms with van der Waals surface area (Å²) >= 11 is 4.26. The first-order valence-electron chi connectivity index (χ1n) is 9.95. The number of hydrogen-bond donors (Lipinski definition) is 1. The van der Waals surface area contributed by atoms with Gasteiger partial charge in [0.25, 0.3) is 0 Å². The molecule has 2 aliphatic heterocycles. The fourth-order valence-corrected chi connectivity index (χ4v) is 7.43. The van der Waals surface area contributed by atoms with Gasteiger partial charge in [0.1, 0.15) is 0 Å². The van der Waals surface area contributed by atoms with Crippen molar-refractivity contribution in [3.63, 3.8) is 0 Å². The molecule has 0 aromatic rings. The molecule has 4 atom stereocenters. The normalized spacial score (nSPS) is 31.8. The maximum atomic E-state index is 11.3. The monoisotopic (exact) mass is 387 g/mol. The average Bonchev–Trinajstić information content (AvgIpc) is 3.33. The van der Waals surface area contributed by atoms with Crippen molar-refractivity contribution in [3.8, 4) is 0 Å². The Morgan fingerprint density at radius 3 is 2.44 bits per heavy atom. The van der Waals surface area contributed by atoms with Crippen molar-refractivity contribution >= 4 is 29.4 Å². The topological polar surface area (TPSA) is 49.8 Å². The molecule has 25 heavy (non-hydrogen) atoms. The molecule has 3 fully saturated rings. The Morgan fingerprint density at radius 1 is 1.08 bits per heavy atom. The summed E-state index contributed by atoms with van der Waals surface area (Å²) in [6, 6.07) is 0. The Hall–Kier alpha value is 0.0900. The van der Waals surface area contributed by atoms with Crippen LogP contribution in [0.3, 0.4) is 0 Å². The summed E-state index contributed by atoms with van der Waals surface area (Å²) in [5, 5.41) is 10.7. The van der Waals surface area contributed by atoms with E-state index in [9.17, 15) is 4.79 Å². The van der Waals surface area contributed by atoms with Crippen LogP contribution in [0.5, 0.6) is 0 Å². The first kappa shape index (κ1) is 19.8. The van der Waals surface area contributed by atoms with Crippen LogP contribution >= 0.6 is 23.5 Å². The molecule has 2 heterocycles. The van der Waals surface area contributed by atoms with E-state index in [0.29, 0.717) is 23.7 Å². The summed E-state index contributed by atoms with van der Waals surface area (Å²) in [6.07, 6.45) is 11.7. The minimum absolute atomic E-state index is 0.185. The third-order valence-corrected chi connectivity index (χ3v) is 8.74. The molecule has 0 spiro atoms. The zero-order chi connectivity index (χ0) is 17.6. The lowest BCUT2D eigenvalue weighted by Crippen LogP contribution is -2.31. The van der Waals surface area contributed by atoms with Crippen LogP contribution in [0.25, 0.3) is 0 Å². The SMILES string of the molecule is CN(O)C(=O)CCCCSCC1C2CCC(O2)C1CSC1CCCC1. The summed E-state index contributed by atoms with van der Waals surface area (Å²) in [5.41, 5.74) is 0. The zero-order valence-corrected chi connectivity index (χ0v) is 17.0. The third-order valence-electron chi connectivity index (χ3n) is 6.02. The number of hydrogen-bond acceptors (Lipinski definition) is 5. The van der Waals surface area contributed by atoms with Gasteiger partial charge in [-0.15, -0.1) is 0 Å². The molecule has 0 aromatic carbocycles. The summed E-state index contributed by atoms with van der Waals surface area (Å²) in [4.78, 5) is 11.3. The van der Waals surface area contributed by atoms with Gasteiger partial charge >= 0.3 is 0 Å². The predicted octanol–water partition coefficient (Wildman–Crippen LogP) is 4.21. The average molecular weight is 388 g/mol. The minimum atomic E-state index is -0.185. The van der Waals surface area contributed by atoms with Gasteiger partial charge < -0.3 is 4.74 Å². The fraction of sp³-hybridized carbons (Fsp3) is 0.947. The molecule has 4 unspecified atom stereocenters. The molecule has 1 aliphatic carbocycles. The van der Waals surface area contributed by atoms with Crippen molar-refractivity contribution < 1.29 is 14.7 Å². The number of hydroxylamine groups is 2. The maximum Gasteiger partial charge on any atom is 0.245 e. The number of ether oxygens (including phenoxy) is 1. The third kappa shape index (κ3) is 5.53. The van der Waals surface area contributed by atoms with Gasteiger partial charge in [-0.1, -0.05) is 12.8 Å². The summed E-state index contributed by atoms with van der Waals surface area (Å²) in [6.45, 7) is 0. The second-order valence-corrected chi connectivity index (χ2v) is 10.3. The van der Waals surface area contributed by atoms with Crippen LogP contribution in [-0.2, 0) is 9.53 Å². The highest BCUT2D eigenvalue weighted by molar-refractivity contribution is 8.00. The Balaban J connectivity index is 1.33. The van der Waals surface area contributed by atoms with E-state index in [0.717, 1.165) is 35.7 Å². The van der Waals surface area contributed by atoms with Crippen molar-refractivity contribution in [2.24, 2.45) is 11.8 Å². The molecule has 1 saturated carbocycles. The highest BCUT2D eigenvalue weighted by atomic mass is 32.2. The number of unbranched alkanes of at least 4 members (excludes halogenated alkanes) is 1. The van der Waals surface area contributed by atoms with Gasteiger partial charge in [-0.25, -0.2) is 5.06 Å². The number of thioether (sulfide) groups is 2. The van der Waals surface area contributed by atoms with E-state index < -0.39 is 0 Å². The van der Waals surface area contributed by atoms with Crippen LogP contribution in [0, 0.1) is 11.8 Å². The highest BCUT2D eigenvalue weighted by Crippen LogP contribution is 2.47. The van der Waals surface area contributed by atoms with E-state index in [4.69, 9.17) is 9.94 Å². The van der Waals surface area contributed by atoms with Crippen LogP contribution in [0.15, 0.2) is 0 Å². The summed E-state index contributed by atoms with van der Waals surface area (Å²) < 4.78 is 6.24. The van der Waals surface area contributed by atoms with E-state index in [-0.39, 0.29) is 5.91 Å². The Kier molecular flexibility index (Phi) is 7.83. The van der Waals surface area contributed by atoms with Crippen LogP contribution in [0.4, 0.5) is 0 Å². The molecule has 1 N–H and O–H groups in total. The largest absolute Gasteiger partial charge is 0.374 e. The van der Waals surface area contributed by atoms with Crippen LogP contribution in [0.2, 0.25) is 0 Å². The molecule has 0 aromatic heterocycles. The Morgan fingerprint density at radius 2 is 1.76 bits per heavy atom. The Labute approximate surface area is 160 Å². The predicted molar refractivity (Wildman–Crippen MR) is 105 cm³/mol. The second-order valence-electron chi connectivity index (χ2n) is 7.81. The van der Waals surface area contributed by atoms with Gasteiger partial charge in [0.15, 0.2) is 0 Å². The van der Waals surface area contributed by atoms with Crippen molar-refractivity contribution in [2.45, 2.75) is 75.2 Å². The first-order valence-corrected chi connectivity index (χ1v) is 12.2. The zero-order valence-electron chi connectivity index (χ0n) is 15.4. The smallest absolute Gasteiger partial charge is 0.245 e. The van der Waals surface area contributed by atoms with Gasteiger partial charge in [-0.2, -0.15) is 23.5 Å². The number of carbonyl (C=O) groups excluding carboxylic acids is 1. The molecular formula is C19H33NO3S2. The van der Waals surface area contributed by atoms with Gasteiger partial charge in [-0.05, 0) is 55.8 Å². The number of carbonyl (C=O) groups is 1. The lowest BCUT2D eigenvalue weighted by atomic mass is 9.81. The van der Waals surface area contributed by atoms with Crippen molar-refractivity contribution in [2.75, 3.05) is 24.3 Å². The lowest BCUT2D eigenvalue weighted by molar-refractivity contribution is -0.159. The molecule has 2 bridgehead atoms. The molecule has 6 heteroatoms. The van der Waals surface area contributed by atoms with Crippen molar-refractivity contribution in [1.29, 1.82) is 0 Å². The molecule has 3 rings (SSSR count). The fourth-order valence-electron chi connectivity index (χ4n) is 4.50. The maximum absolute atomic E-state index is 11.3. The standard InChI is InChI=1S/C19H33NO3S2/c1-20(22)19(21)8-4-5-11-24-12-15-16(18-10-9-17(15)23-18)13-25-14-6-2-3-7-14/h14-18,22H,2-13H2,1H3. The van der Waals surface area contributed by atoms with Gasteiger partial charge in [-0.3, -0.25) is 10.0 Å².